The molecule has 0 spiro atoms. The highest BCUT2D eigenvalue weighted by Gasteiger charge is 2.27. The van der Waals surface area contributed by atoms with Crippen LogP contribution in [0.5, 0.6) is 0 Å². The van der Waals surface area contributed by atoms with Gasteiger partial charge in [-0.25, -0.2) is 0 Å². The molecule has 4 N–H and O–H groups in total. The van der Waals surface area contributed by atoms with E-state index in [9.17, 15) is 14.9 Å². The van der Waals surface area contributed by atoms with E-state index >= 15 is 0 Å². The number of rotatable bonds is 3. The van der Waals surface area contributed by atoms with Crippen molar-refractivity contribution >= 4 is 29.7 Å². The van der Waals surface area contributed by atoms with E-state index < -0.39 is 4.92 Å². The van der Waals surface area contributed by atoms with E-state index in [0.717, 1.165) is 12.8 Å². The van der Waals surface area contributed by atoms with Gasteiger partial charge in [0.2, 0.25) is 0 Å². The molecule has 1 fully saturated rings. The zero-order valence-electron chi connectivity index (χ0n) is 12.4. The fourth-order valence-corrected chi connectivity index (χ4v) is 2.65. The number of hydrogen-bond acceptors (Lipinski definition) is 5. The summed E-state index contributed by atoms with van der Waals surface area (Å²) in [7, 11) is 0. The van der Waals surface area contributed by atoms with Crippen molar-refractivity contribution in [2.24, 2.45) is 11.7 Å². The molecular formula is C14H21ClN4O3. The molecule has 2 rings (SSSR count). The summed E-state index contributed by atoms with van der Waals surface area (Å²) < 4.78 is 0. The Bertz CT molecular complexity index is 571. The predicted molar refractivity (Wildman–Crippen MR) is 87.2 cm³/mol. The maximum Gasteiger partial charge on any atom is 0.293 e. The van der Waals surface area contributed by atoms with E-state index in [1.54, 1.807) is 17.9 Å². The SMILES string of the molecule is Cc1cc(C(=O)N2CCC(CN)CC2)c(N)c([N+](=O)[O-])c1.Cl. The van der Waals surface area contributed by atoms with Crippen LogP contribution in [0.2, 0.25) is 0 Å². The molecule has 0 bridgehead atoms. The quantitative estimate of drug-likeness (QED) is 0.498. The number of carbonyl (C=O) groups excluding carboxylic acids is 1. The minimum Gasteiger partial charge on any atom is -0.393 e. The first-order valence-corrected chi connectivity index (χ1v) is 6.98. The van der Waals surface area contributed by atoms with Gasteiger partial charge in [-0.3, -0.25) is 14.9 Å². The lowest BCUT2D eigenvalue weighted by atomic mass is 9.96. The molecule has 22 heavy (non-hydrogen) atoms. The minimum atomic E-state index is -0.556. The average molecular weight is 329 g/mol. The Labute approximate surface area is 135 Å². The maximum absolute atomic E-state index is 12.5. The highest BCUT2D eigenvalue weighted by molar-refractivity contribution is 6.01. The van der Waals surface area contributed by atoms with Gasteiger partial charge in [0, 0.05) is 19.2 Å². The van der Waals surface area contributed by atoms with E-state index in [1.165, 1.54) is 6.07 Å². The third-order valence-corrected chi connectivity index (χ3v) is 3.96. The largest absolute Gasteiger partial charge is 0.393 e. The Kier molecular flexibility index (Phi) is 6.13. The van der Waals surface area contributed by atoms with Crippen LogP contribution in [0.3, 0.4) is 0 Å². The lowest BCUT2D eigenvalue weighted by Gasteiger charge is -2.31. The van der Waals surface area contributed by atoms with Crippen molar-refractivity contribution in [3.8, 4) is 0 Å². The number of benzene rings is 1. The topological polar surface area (TPSA) is 115 Å². The van der Waals surface area contributed by atoms with Crippen LogP contribution in [0.1, 0.15) is 28.8 Å². The van der Waals surface area contributed by atoms with Gasteiger partial charge in [-0.15, -0.1) is 12.4 Å². The molecule has 8 heteroatoms. The van der Waals surface area contributed by atoms with Crippen LogP contribution in [0, 0.1) is 23.0 Å². The van der Waals surface area contributed by atoms with Crippen molar-refractivity contribution in [1.82, 2.24) is 4.90 Å². The van der Waals surface area contributed by atoms with Gasteiger partial charge in [0.1, 0.15) is 5.69 Å². The van der Waals surface area contributed by atoms with Gasteiger partial charge in [0.25, 0.3) is 11.6 Å². The summed E-state index contributed by atoms with van der Waals surface area (Å²) in [5.74, 6) is 0.202. The van der Waals surface area contributed by atoms with E-state index in [0.29, 0.717) is 31.1 Å². The molecule has 7 nitrogen and oxygen atoms in total. The number of likely N-dealkylation sites (tertiary alicyclic amines) is 1. The fourth-order valence-electron chi connectivity index (χ4n) is 2.65. The van der Waals surface area contributed by atoms with E-state index in [4.69, 9.17) is 11.5 Å². The summed E-state index contributed by atoms with van der Waals surface area (Å²) in [5, 5.41) is 11.0. The van der Waals surface area contributed by atoms with Crippen LogP contribution in [0.25, 0.3) is 0 Å². The summed E-state index contributed by atoms with van der Waals surface area (Å²) in [4.78, 5) is 24.7. The van der Waals surface area contributed by atoms with Gasteiger partial charge in [-0.1, -0.05) is 0 Å². The summed E-state index contributed by atoms with van der Waals surface area (Å²) in [6, 6.07) is 2.99. The number of nitrogens with two attached hydrogens (primary N) is 2. The molecule has 1 saturated heterocycles. The number of anilines is 1. The van der Waals surface area contributed by atoms with Crippen molar-refractivity contribution in [2.75, 3.05) is 25.4 Å². The van der Waals surface area contributed by atoms with Crippen LogP contribution in [0.4, 0.5) is 11.4 Å². The third kappa shape index (κ3) is 3.66. The molecule has 0 radical (unpaired) electrons. The van der Waals surface area contributed by atoms with Crippen molar-refractivity contribution < 1.29 is 9.72 Å². The van der Waals surface area contributed by atoms with Crippen LogP contribution in [-0.2, 0) is 0 Å². The average Bonchev–Trinajstić information content (AvgIpc) is 2.48. The highest BCUT2D eigenvalue weighted by atomic mass is 35.5. The first-order valence-electron chi connectivity index (χ1n) is 6.98. The first kappa shape index (κ1) is 18.2. The molecule has 1 heterocycles. The number of amides is 1. The van der Waals surface area contributed by atoms with Crippen LogP contribution in [-0.4, -0.2) is 35.4 Å². The molecular weight excluding hydrogens is 308 g/mol. The number of carbonyl (C=O) groups is 1. The number of nitro benzene ring substituents is 1. The molecule has 122 valence electrons. The Morgan fingerprint density at radius 2 is 2.00 bits per heavy atom. The predicted octanol–water partition coefficient (Wildman–Crippen LogP) is 1.72. The van der Waals surface area contributed by atoms with Crippen molar-refractivity contribution in [1.29, 1.82) is 0 Å². The molecule has 0 unspecified atom stereocenters. The molecule has 1 aromatic carbocycles. The Morgan fingerprint density at radius 3 is 2.50 bits per heavy atom. The normalized spacial score (nSPS) is 15.3. The molecule has 0 aliphatic carbocycles. The van der Waals surface area contributed by atoms with Crippen LogP contribution < -0.4 is 11.5 Å². The van der Waals surface area contributed by atoms with Crippen molar-refractivity contribution in [3.05, 3.63) is 33.4 Å². The minimum absolute atomic E-state index is 0. The third-order valence-electron chi connectivity index (χ3n) is 3.96. The summed E-state index contributed by atoms with van der Waals surface area (Å²) in [6.45, 7) is 3.56. The second-order valence-corrected chi connectivity index (χ2v) is 5.47. The lowest BCUT2D eigenvalue weighted by molar-refractivity contribution is -0.384. The molecule has 1 amide bonds. The Morgan fingerprint density at radius 1 is 1.41 bits per heavy atom. The molecule has 0 atom stereocenters. The molecule has 1 aliphatic heterocycles. The number of piperidine rings is 1. The lowest BCUT2D eigenvalue weighted by Crippen LogP contribution is -2.40. The van der Waals surface area contributed by atoms with Crippen molar-refractivity contribution in [3.63, 3.8) is 0 Å². The number of hydrogen-bond donors (Lipinski definition) is 2. The monoisotopic (exact) mass is 328 g/mol. The van der Waals surface area contributed by atoms with Gasteiger partial charge < -0.3 is 16.4 Å². The standard InChI is InChI=1S/C14H20N4O3.ClH/c1-9-6-11(13(16)12(7-9)18(20)21)14(19)17-4-2-10(8-15)3-5-17;/h6-7,10H,2-5,8,15-16H2,1H3;1H. The first-order chi connectivity index (χ1) is 9.93. The molecule has 1 aromatic rings. The smallest absolute Gasteiger partial charge is 0.293 e. The number of aryl methyl sites for hydroxylation is 1. The fraction of sp³-hybridized carbons (Fsp3) is 0.500. The summed E-state index contributed by atoms with van der Waals surface area (Å²) in [5.41, 5.74) is 12.0. The molecule has 0 aromatic heterocycles. The molecule has 1 aliphatic rings. The summed E-state index contributed by atoms with van der Waals surface area (Å²) >= 11 is 0. The summed E-state index contributed by atoms with van der Waals surface area (Å²) in [6.07, 6.45) is 1.71. The number of nitro groups is 1. The van der Waals surface area contributed by atoms with E-state index in [1.807, 2.05) is 0 Å². The molecule has 0 saturated carbocycles. The Hall–Kier alpha value is -1.86. The number of halogens is 1. The van der Waals surface area contributed by atoms with Crippen LogP contribution in [0.15, 0.2) is 12.1 Å². The van der Waals surface area contributed by atoms with Crippen LogP contribution >= 0.6 is 12.4 Å². The number of nitrogen functional groups attached to an aromatic ring is 1. The Balaban J connectivity index is 0.00000242. The number of nitrogens with zero attached hydrogens (tertiary/aromatic N) is 2. The second-order valence-electron chi connectivity index (χ2n) is 5.47. The van der Waals surface area contributed by atoms with Gasteiger partial charge in [-0.05, 0) is 43.9 Å². The highest BCUT2D eigenvalue weighted by Crippen LogP contribution is 2.29. The van der Waals surface area contributed by atoms with Crippen molar-refractivity contribution in [2.45, 2.75) is 19.8 Å². The maximum atomic E-state index is 12.5. The van der Waals surface area contributed by atoms with Gasteiger partial charge in [0.05, 0.1) is 10.5 Å². The second kappa shape index (κ2) is 7.42. The van der Waals surface area contributed by atoms with E-state index in [-0.39, 0.29) is 35.3 Å². The zero-order valence-corrected chi connectivity index (χ0v) is 13.3. The van der Waals surface area contributed by atoms with Gasteiger partial charge >= 0.3 is 0 Å². The van der Waals surface area contributed by atoms with Gasteiger partial charge in [0.15, 0.2) is 0 Å². The van der Waals surface area contributed by atoms with Gasteiger partial charge in [-0.2, -0.15) is 0 Å². The zero-order chi connectivity index (χ0) is 15.6. The van der Waals surface area contributed by atoms with E-state index in [2.05, 4.69) is 0 Å².